The zero-order valence-corrected chi connectivity index (χ0v) is 18.3. The predicted molar refractivity (Wildman–Crippen MR) is 119 cm³/mol. The van der Waals surface area contributed by atoms with Crippen LogP contribution in [-0.2, 0) is 9.53 Å². The lowest BCUT2D eigenvalue weighted by molar-refractivity contribution is -0.139. The highest BCUT2D eigenvalue weighted by atomic mass is 32.1. The number of fused-ring (bicyclic) bond motifs is 2. The molecular weight excluding hydrogens is 428 g/mol. The van der Waals surface area contributed by atoms with E-state index in [1.54, 1.807) is 30.5 Å². The summed E-state index contributed by atoms with van der Waals surface area (Å²) in [4.78, 5) is 31.6. The van der Waals surface area contributed by atoms with Crippen molar-refractivity contribution in [2.45, 2.75) is 19.9 Å². The molecule has 32 heavy (non-hydrogen) atoms. The van der Waals surface area contributed by atoms with Crippen LogP contribution in [0.5, 0.6) is 11.5 Å². The maximum atomic E-state index is 13.5. The zero-order chi connectivity index (χ0) is 22.2. The van der Waals surface area contributed by atoms with Crippen molar-refractivity contribution in [1.82, 2.24) is 4.57 Å². The lowest BCUT2D eigenvalue weighted by atomic mass is 9.95. The molecule has 8 heteroatoms. The van der Waals surface area contributed by atoms with Gasteiger partial charge in [0.05, 0.1) is 28.5 Å². The van der Waals surface area contributed by atoms with Gasteiger partial charge in [0.15, 0.2) is 16.3 Å². The van der Waals surface area contributed by atoms with Crippen LogP contribution in [0.2, 0.25) is 0 Å². The van der Waals surface area contributed by atoms with Gasteiger partial charge in [-0.1, -0.05) is 47.7 Å². The molecule has 0 bridgehead atoms. The van der Waals surface area contributed by atoms with E-state index in [0.29, 0.717) is 32.1 Å². The van der Waals surface area contributed by atoms with E-state index in [1.807, 2.05) is 42.5 Å². The summed E-state index contributed by atoms with van der Waals surface area (Å²) in [6, 6.07) is 14.4. The van der Waals surface area contributed by atoms with Gasteiger partial charge >= 0.3 is 5.97 Å². The third kappa shape index (κ3) is 3.42. The second-order valence-corrected chi connectivity index (χ2v) is 8.33. The Kier molecular flexibility index (Phi) is 5.14. The number of hydrogen-bond acceptors (Lipinski definition) is 7. The molecular formula is C24H20N2O5S. The molecule has 2 aromatic carbocycles. The number of benzene rings is 2. The average molecular weight is 449 g/mol. The molecule has 0 N–H and O–H groups in total. The normalized spacial score (nSPS) is 17.2. The fraction of sp³-hybridized carbons (Fsp3) is 0.208. The molecule has 0 aliphatic carbocycles. The summed E-state index contributed by atoms with van der Waals surface area (Å²) in [5.41, 5.74) is 2.29. The van der Waals surface area contributed by atoms with Gasteiger partial charge in [-0.3, -0.25) is 9.36 Å². The Hall–Kier alpha value is -3.65. The number of aromatic nitrogens is 1. The SMILES string of the molecule is CCOC(=O)C1=C(C)N=c2s/c(=C\c3ccccc3)c(=O)n2C1c1ccc2c(c1)OCO2. The summed E-state index contributed by atoms with van der Waals surface area (Å²) in [7, 11) is 0. The molecule has 0 saturated heterocycles. The molecule has 2 aliphatic rings. The molecule has 0 saturated carbocycles. The molecule has 1 atom stereocenters. The first-order valence-corrected chi connectivity index (χ1v) is 11.0. The number of nitrogens with zero attached hydrogens (tertiary/aromatic N) is 2. The summed E-state index contributed by atoms with van der Waals surface area (Å²) in [6.07, 6.45) is 1.84. The van der Waals surface area contributed by atoms with E-state index in [0.717, 1.165) is 11.1 Å². The monoisotopic (exact) mass is 448 g/mol. The first kappa shape index (κ1) is 20.3. The molecule has 1 unspecified atom stereocenters. The average Bonchev–Trinajstić information content (AvgIpc) is 3.37. The van der Waals surface area contributed by atoms with E-state index in [4.69, 9.17) is 14.2 Å². The topological polar surface area (TPSA) is 79.1 Å². The number of hydrogen-bond donors (Lipinski definition) is 0. The largest absolute Gasteiger partial charge is 0.463 e. The van der Waals surface area contributed by atoms with Crippen LogP contribution in [0.3, 0.4) is 0 Å². The lowest BCUT2D eigenvalue weighted by Crippen LogP contribution is -2.39. The van der Waals surface area contributed by atoms with Crippen LogP contribution in [0.4, 0.5) is 0 Å². The van der Waals surface area contributed by atoms with Crippen molar-refractivity contribution in [3.05, 3.63) is 90.6 Å². The van der Waals surface area contributed by atoms with Crippen LogP contribution >= 0.6 is 11.3 Å². The fourth-order valence-corrected chi connectivity index (χ4v) is 4.94. The van der Waals surface area contributed by atoms with Crippen molar-refractivity contribution in [2.75, 3.05) is 13.4 Å². The number of allylic oxidation sites excluding steroid dienone is 1. The molecule has 3 aromatic rings. The zero-order valence-electron chi connectivity index (χ0n) is 17.5. The first-order chi connectivity index (χ1) is 15.6. The van der Waals surface area contributed by atoms with Gasteiger partial charge in [0.25, 0.3) is 5.56 Å². The second-order valence-electron chi connectivity index (χ2n) is 7.33. The van der Waals surface area contributed by atoms with Gasteiger partial charge in [-0.15, -0.1) is 0 Å². The highest BCUT2D eigenvalue weighted by molar-refractivity contribution is 7.07. The summed E-state index contributed by atoms with van der Waals surface area (Å²) < 4.78 is 18.4. The maximum absolute atomic E-state index is 13.5. The molecule has 0 spiro atoms. The van der Waals surface area contributed by atoms with Gasteiger partial charge in [-0.05, 0) is 43.2 Å². The molecule has 0 fully saturated rings. The Balaban J connectivity index is 1.73. The van der Waals surface area contributed by atoms with Crippen LogP contribution in [0, 0.1) is 0 Å². The van der Waals surface area contributed by atoms with E-state index < -0.39 is 12.0 Å². The van der Waals surface area contributed by atoms with Crippen molar-refractivity contribution >= 4 is 23.4 Å². The summed E-state index contributed by atoms with van der Waals surface area (Å²) in [6.45, 7) is 3.87. The van der Waals surface area contributed by atoms with Crippen LogP contribution in [-0.4, -0.2) is 23.9 Å². The molecule has 0 radical (unpaired) electrons. The van der Waals surface area contributed by atoms with E-state index in [2.05, 4.69) is 4.99 Å². The van der Waals surface area contributed by atoms with Crippen LogP contribution in [0.1, 0.15) is 31.0 Å². The molecule has 1 aromatic heterocycles. The Morgan fingerprint density at radius 3 is 2.78 bits per heavy atom. The highest BCUT2D eigenvalue weighted by Crippen LogP contribution is 2.38. The smallest absolute Gasteiger partial charge is 0.338 e. The number of esters is 1. The Labute approximate surface area is 187 Å². The van der Waals surface area contributed by atoms with Crippen molar-refractivity contribution in [3.8, 4) is 11.5 Å². The minimum Gasteiger partial charge on any atom is -0.463 e. The number of rotatable bonds is 4. The predicted octanol–water partition coefficient (Wildman–Crippen LogP) is 2.53. The molecule has 7 nitrogen and oxygen atoms in total. The molecule has 0 amide bonds. The van der Waals surface area contributed by atoms with Crippen LogP contribution in [0.25, 0.3) is 6.08 Å². The molecule has 5 rings (SSSR count). The van der Waals surface area contributed by atoms with E-state index in [9.17, 15) is 9.59 Å². The molecule has 162 valence electrons. The summed E-state index contributed by atoms with van der Waals surface area (Å²) in [5, 5.41) is 0. The minimum atomic E-state index is -0.683. The third-order valence-corrected chi connectivity index (χ3v) is 6.31. The minimum absolute atomic E-state index is 0.137. The lowest BCUT2D eigenvalue weighted by Gasteiger charge is -2.24. The van der Waals surface area contributed by atoms with Crippen molar-refractivity contribution < 1.29 is 19.0 Å². The van der Waals surface area contributed by atoms with Crippen molar-refractivity contribution in [1.29, 1.82) is 0 Å². The Bertz CT molecular complexity index is 1420. The second kappa shape index (κ2) is 8.12. The van der Waals surface area contributed by atoms with Crippen LogP contribution < -0.4 is 24.4 Å². The van der Waals surface area contributed by atoms with Crippen LogP contribution in [0.15, 0.2) is 69.6 Å². The fourth-order valence-electron chi connectivity index (χ4n) is 3.89. The quantitative estimate of drug-likeness (QED) is 0.573. The summed E-state index contributed by atoms with van der Waals surface area (Å²) >= 11 is 1.30. The van der Waals surface area contributed by atoms with Gasteiger partial charge in [0, 0.05) is 0 Å². The number of carbonyl (C=O) groups excluding carboxylic acids is 1. The standard InChI is InChI=1S/C24H20N2O5S/c1-3-29-23(28)20-14(2)25-24-26(21(20)16-9-10-17-18(12-16)31-13-30-17)22(27)19(32-24)11-15-7-5-4-6-8-15/h4-12,21H,3,13H2,1-2H3/b19-11-. The highest BCUT2D eigenvalue weighted by Gasteiger charge is 2.34. The third-order valence-electron chi connectivity index (χ3n) is 5.33. The first-order valence-electron chi connectivity index (χ1n) is 10.2. The van der Waals surface area contributed by atoms with Crippen molar-refractivity contribution in [3.63, 3.8) is 0 Å². The summed E-state index contributed by atoms with van der Waals surface area (Å²) in [5.74, 6) is 0.712. The number of ether oxygens (including phenoxy) is 3. The van der Waals surface area contributed by atoms with Gasteiger partial charge in [0.1, 0.15) is 0 Å². The number of thiazole rings is 1. The van der Waals surface area contributed by atoms with E-state index >= 15 is 0 Å². The number of carbonyl (C=O) groups is 1. The van der Waals surface area contributed by atoms with Gasteiger partial charge in [-0.2, -0.15) is 0 Å². The Morgan fingerprint density at radius 1 is 1.22 bits per heavy atom. The molecule has 2 aliphatic heterocycles. The van der Waals surface area contributed by atoms with Gasteiger partial charge < -0.3 is 14.2 Å². The van der Waals surface area contributed by atoms with E-state index in [1.165, 1.54) is 11.3 Å². The van der Waals surface area contributed by atoms with Crippen molar-refractivity contribution in [2.24, 2.45) is 4.99 Å². The van der Waals surface area contributed by atoms with E-state index in [-0.39, 0.29) is 19.0 Å². The van der Waals surface area contributed by atoms with Gasteiger partial charge in [0.2, 0.25) is 6.79 Å². The maximum Gasteiger partial charge on any atom is 0.338 e. The van der Waals surface area contributed by atoms with Gasteiger partial charge in [-0.25, -0.2) is 9.79 Å². The Morgan fingerprint density at radius 2 is 2.00 bits per heavy atom. The molecule has 3 heterocycles.